The van der Waals surface area contributed by atoms with E-state index in [1.165, 1.54) is 11.8 Å². The summed E-state index contributed by atoms with van der Waals surface area (Å²) in [7, 11) is 0. The minimum atomic E-state index is -0.565. The average molecular weight is 285 g/mol. The number of amides is 1. The molecule has 0 radical (unpaired) electrons. The summed E-state index contributed by atoms with van der Waals surface area (Å²) in [5.41, 5.74) is -0.374. The molecule has 7 heteroatoms. The summed E-state index contributed by atoms with van der Waals surface area (Å²) < 4.78 is 5.11. The van der Waals surface area contributed by atoms with Gasteiger partial charge in [-0.3, -0.25) is 4.79 Å². The summed E-state index contributed by atoms with van der Waals surface area (Å²) in [4.78, 5) is 30.2. The summed E-state index contributed by atoms with van der Waals surface area (Å²) in [5.74, 6) is 0.551. The number of nitrogens with zero attached hydrogens (tertiary/aromatic N) is 1. The monoisotopic (exact) mass is 285 g/mol. The number of aryl methyl sites for hydroxylation is 1. The molecule has 2 N–H and O–H groups in total. The summed E-state index contributed by atoms with van der Waals surface area (Å²) in [6, 6.07) is 0. The molecule has 0 unspecified atom stereocenters. The SMILES string of the molecule is CSc1nc(C)[nH]c(=O)c1CNC(=O)OC(C)(C)C. The molecule has 0 aliphatic heterocycles. The van der Waals surface area contributed by atoms with Crippen LogP contribution in [0, 0.1) is 6.92 Å². The first-order valence-corrected chi connectivity index (χ1v) is 7.06. The number of thioether (sulfide) groups is 1. The van der Waals surface area contributed by atoms with Crippen LogP contribution in [0.3, 0.4) is 0 Å². The van der Waals surface area contributed by atoms with Crippen molar-refractivity contribution in [3.05, 3.63) is 21.7 Å². The number of ether oxygens (including phenoxy) is 1. The Hall–Kier alpha value is -1.50. The van der Waals surface area contributed by atoms with Gasteiger partial charge >= 0.3 is 6.09 Å². The summed E-state index contributed by atoms with van der Waals surface area (Å²) >= 11 is 1.37. The minimum absolute atomic E-state index is 0.0910. The lowest BCUT2D eigenvalue weighted by Gasteiger charge is -2.19. The number of hydrogen-bond acceptors (Lipinski definition) is 5. The normalized spacial score (nSPS) is 11.2. The Morgan fingerprint density at radius 3 is 2.63 bits per heavy atom. The van der Waals surface area contributed by atoms with Crippen molar-refractivity contribution in [3.63, 3.8) is 0 Å². The maximum atomic E-state index is 11.8. The highest BCUT2D eigenvalue weighted by atomic mass is 32.2. The molecule has 6 nitrogen and oxygen atoms in total. The van der Waals surface area contributed by atoms with Crippen LogP contribution in [0.2, 0.25) is 0 Å². The van der Waals surface area contributed by atoms with E-state index in [1.54, 1.807) is 27.7 Å². The van der Waals surface area contributed by atoms with Crippen LogP contribution in [-0.2, 0) is 11.3 Å². The van der Waals surface area contributed by atoms with Gasteiger partial charge in [-0.2, -0.15) is 0 Å². The molecule has 0 bridgehead atoms. The van der Waals surface area contributed by atoms with Crippen LogP contribution < -0.4 is 10.9 Å². The third kappa shape index (κ3) is 4.94. The number of aromatic amines is 1. The van der Waals surface area contributed by atoms with Crippen molar-refractivity contribution in [3.8, 4) is 0 Å². The molecule has 0 spiro atoms. The first-order valence-electron chi connectivity index (χ1n) is 5.83. The number of rotatable bonds is 3. The zero-order chi connectivity index (χ0) is 14.6. The quantitative estimate of drug-likeness (QED) is 0.654. The fourth-order valence-electron chi connectivity index (χ4n) is 1.38. The number of carbonyl (C=O) groups is 1. The lowest BCUT2D eigenvalue weighted by molar-refractivity contribution is 0.0523. The molecular weight excluding hydrogens is 266 g/mol. The van der Waals surface area contributed by atoms with Gasteiger partial charge in [-0.25, -0.2) is 9.78 Å². The molecule has 19 heavy (non-hydrogen) atoms. The number of alkyl carbamates (subject to hydrolysis) is 1. The van der Waals surface area contributed by atoms with E-state index in [2.05, 4.69) is 15.3 Å². The Morgan fingerprint density at radius 1 is 1.47 bits per heavy atom. The molecule has 0 saturated carbocycles. The predicted octanol–water partition coefficient (Wildman–Crippen LogP) is 1.82. The van der Waals surface area contributed by atoms with Crippen LogP contribution in [0.15, 0.2) is 9.82 Å². The maximum Gasteiger partial charge on any atom is 0.407 e. The molecule has 1 heterocycles. The van der Waals surface area contributed by atoms with E-state index in [4.69, 9.17) is 4.74 Å². The third-order valence-electron chi connectivity index (χ3n) is 2.10. The second-order valence-electron chi connectivity index (χ2n) is 4.99. The van der Waals surface area contributed by atoms with Crippen molar-refractivity contribution < 1.29 is 9.53 Å². The van der Waals surface area contributed by atoms with Crippen LogP contribution >= 0.6 is 11.8 Å². The van der Waals surface area contributed by atoms with Gasteiger partial charge in [0.1, 0.15) is 16.5 Å². The van der Waals surface area contributed by atoms with Crippen LogP contribution in [-0.4, -0.2) is 27.9 Å². The van der Waals surface area contributed by atoms with Gasteiger partial charge in [0.2, 0.25) is 0 Å². The van der Waals surface area contributed by atoms with Crippen molar-refractivity contribution in [1.82, 2.24) is 15.3 Å². The zero-order valence-corrected chi connectivity index (χ0v) is 12.6. The molecule has 0 aromatic carbocycles. The standard InChI is InChI=1S/C12H19N3O3S/c1-7-14-9(16)8(10(15-7)19-5)6-13-11(17)18-12(2,3)4/h6H2,1-5H3,(H,13,17)(H,14,15,16). The van der Waals surface area contributed by atoms with Crippen molar-refractivity contribution in [1.29, 1.82) is 0 Å². The van der Waals surface area contributed by atoms with Crippen LogP contribution in [0.25, 0.3) is 0 Å². The van der Waals surface area contributed by atoms with Crippen molar-refractivity contribution in [2.45, 2.75) is 44.9 Å². The Morgan fingerprint density at radius 2 is 2.11 bits per heavy atom. The highest BCUT2D eigenvalue weighted by molar-refractivity contribution is 7.98. The molecule has 1 aromatic heterocycles. The van der Waals surface area contributed by atoms with Crippen molar-refractivity contribution in [2.24, 2.45) is 0 Å². The minimum Gasteiger partial charge on any atom is -0.444 e. The van der Waals surface area contributed by atoms with Crippen LogP contribution in [0.4, 0.5) is 4.79 Å². The highest BCUT2D eigenvalue weighted by Crippen LogP contribution is 2.14. The lowest BCUT2D eigenvalue weighted by atomic mass is 10.2. The predicted molar refractivity (Wildman–Crippen MR) is 74.4 cm³/mol. The Labute approximate surface area is 116 Å². The van der Waals surface area contributed by atoms with E-state index in [-0.39, 0.29) is 12.1 Å². The topological polar surface area (TPSA) is 84.1 Å². The van der Waals surface area contributed by atoms with Gasteiger partial charge in [0.25, 0.3) is 5.56 Å². The summed E-state index contributed by atoms with van der Waals surface area (Å²) in [5, 5.41) is 3.16. The second kappa shape index (κ2) is 6.10. The number of aromatic nitrogens is 2. The van der Waals surface area contributed by atoms with Crippen LogP contribution in [0.1, 0.15) is 32.2 Å². The van der Waals surface area contributed by atoms with E-state index in [9.17, 15) is 9.59 Å². The molecule has 0 saturated heterocycles. The Bertz CT molecular complexity index is 520. The fourth-order valence-corrected chi connectivity index (χ4v) is 2.02. The number of H-pyrrole nitrogens is 1. The van der Waals surface area contributed by atoms with Gasteiger partial charge in [0.15, 0.2) is 0 Å². The maximum absolute atomic E-state index is 11.8. The van der Waals surface area contributed by atoms with Gasteiger partial charge in [-0.15, -0.1) is 11.8 Å². The molecule has 0 fully saturated rings. The first kappa shape index (κ1) is 15.6. The molecule has 1 aromatic rings. The fraction of sp³-hybridized carbons (Fsp3) is 0.583. The van der Waals surface area contributed by atoms with Gasteiger partial charge in [0, 0.05) is 0 Å². The summed E-state index contributed by atoms with van der Waals surface area (Å²) in [6.45, 7) is 7.14. The van der Waals surface area contributed by atoms with Crippen molar-refractivity contribution in [2.75, 3.05) is 6.26 Å². The van der Waals surface area contributed by atoms with Crippen LogP contribution in [0.5, 0.6) is 0 Å². The lowest BCUT2D eigenvalue weighted by Crippen LogP contribution is -2.34. The number of carbonyl (C=O) groups excluding carboxylic acids is 1. The van der Waals surface area contributed by atoms with Gasteiger partial charge in [-0.1, -0.05) is 0 Å². The molecule has 1 rings (SSSR count). The van der Waals surface area contributed by atoms with E-state index in [0.717, 1.165) is 0 Å². The van der Waals surface area contributed by atoms with E-state index in [1.807, 2.05) is 6.26 Å². The largest absolute Gasteiger partial charge is 0.444 e. The third-order valence-corrected chi connectivity index (χ3v) is 2.82. The van der Waals surface area contributed by atoms with E-state index >= 15 is 0 Å². The Balaban J connectivity index is 2.78. The van der Waals surface area contributed by atoms with Crippen molar-refractivity contribution >= 4 is 17.9 Å². The Kier molecular flexibility index (Phi) is 4.99. The van der Waals surface area contributed by atoms with Gasteiger partial charge in [-0.05, 0) is 34.0 Å². The highest BCUT2D eigenvalue weighted by Gasteiger charge is 2.17. The number of nitrogens with one attached hydrogen (secondary N) is 2. The summed E-state index contributed by atoms with van der Waals surface area (Å²) in [6.07, 6.45) is 1.28. The molecule has 0 aliphatic rings. The first-order chi connectivity index (χ1) is 8.73. The van der Waals surface area contributed by atoms with E-state index < -0.39 is 11.7 Å². The smallest absolute Gasteiger partial charge is 0.407 e. The van der Waals surface area contributed by atoms with Gasteiger partial charge < -0.3 is 15.0 Å². The molecule has 0 atom stereocenters. The number of hydrogen-bond donors (Lipinski definition) is 2. The van der Waals surface area contributed by atoms with Gasteiger partial charge in [0.05, 0.1) is 12.1 Å². The second-order valence-corrected chi connectivity index (χ2v) is 5.79. The average Bonchev–Trinajstić information content (AvgIpc) is 2.24. The molecule has 106 valence electrons. The molecule has 0 aliphatic carbocycles. The van der Waals surface area contributed by atoms with E-state index in [0.29, 0.717) is 16.4 Å². The zero-order valence-electron chi connectivity index (χ0n) is 11.8. The molecule has 1 amide bonds. The molecular formula is C12H19N3O3S.